The lowest BCUT2D eigenvalue weighted by molar-refractivity contribution is -0.132. The topological polar surface area (TPSA) is 87.2 Å². The average molecular weight is 328 g/mol. The van der Waals surface area contributed by atoms with Gasteiger partial charge in [-0.2, -0.15) is 0 Å². The van der Waals surface area contributed by atoms with Crippen molar-refractivity contribution < 1.29 is 9.53 Å². The molecule has 0 saturated carbocycles. The number of likely N-dealkylation sites (N-methyl/N-ethyl adjacent to an activating group) is 1. The first kappa shape index (κ1) is 16.2. The minimum atomic E-state index is 0.0687. The molecule has 1 saturated heterocycles. The fraction of sp³-hybridized carbons (Fsp3) is 0.500. The summed E-state index contributed by atoms with van der Waals surface area (Å²) < 4.78 is 5.54. The van der Waals surface area contributed by atoms with Gasteiger partial charge in [-0.1, -0.05) is 5.92 Å². The number of carbonyl (C=O) groups excluding carboxylic acids is 1. The molecule has 1 aliphatic heterocycles. The molecule has 1 fully saturated rings. The van der Waals surface area contributed by atoms with Crippen molar-refractivity contribution >= 4 is 22.9 Å². The summed E-state index contributed by atoms with van der Waals surface area (Å²) in [5, 5.41) is 0. The zero-order valence-electron chi connectivity index (χ0n) is 13.6. The van der Waals surface area contributed by atoms with Crippen molar-refractivity contribution in [3.8, 4) is 12.3 Å². The number of hydrogen-bond donors (Lipinski definition) is 1. The van der Waals surface area contributed by atoms with E-state index >= 15 is 0 Å². The monoisotopic (exact) mass is 328 g/mol. The standard InChI is InChI=1S/C16H20N6O2/c1-3-8-24-12-4-6-22(7-5-12)13(23)9-21(2)16-14-15(18-10-17-14)19-11-20-16/h1,10-12H,4-9H2,2H3,(H,17,18,19,20). The van der Waals surface area contributed by atoms with E-state index in [1.807, 2.05) is 16.8 Å². The number of carbonyl (C=O) groups is 1. The summed E-state index contributed by atoms with van der Waals surface area (Å²) in [6.45, 7) is 1.95. The van der Waals surface area contributed by atoms with Crippen LogP contribution in [-0.4, -0.2) is 70.1 Å². The highest BCUT2D eigenvalue weighted by molar-refractivity contribution is 5.87. The van der Waals surface area contributed by atoms with E-state index in [1.165, 1.54) is 6.33 Å². The van der Waals surface area contributed by atoms with Crippen molar-refractivity contribution in [3.63, 3.8) is 0 Å². The quantitative estimate of drug-likeness (QED) is 0.801. The smallest absolute Gasteiger partial charge is 0.242 e. The number of imidazole rings is 1. The second-order valence-corrected chi connectivity index (χ2v) is 5.75. The van der Waals surface area contributed by atoms with Gasteiger partial charge in [-0.3, -0.25) is 4.79 Å². The van der Waals surface area contributed by atoms with Crippen LogP contribution in [-0.2, 0) is 9.53 Å². The SMILES string of the molecule is C#CCOC1CCN(C(=O)CN(C)c2ncnc3nc[nH]c23)CC1. The minimum absolute atomic E-state index is 0.0687. The van der Waals surface area contributed by atoms with Crippen LogP contribution < -0.4 is 4.90 Å². The molecule has 1 N–H and O–H groups in total. The Bertz CT molecular complexity index is 744. The van der Waals surface area contributed by atoms with Gasteiger partial charge in [-0.05, 0) is 12.8 Å². The van der Waals surface area contributed by atoms with E-state index < -0.39 is 0 Å². The summed E-state index contributed by atoms with van der Waals surface area (Å²) in [6.07, 6.45) is 10.00. The summed E-state index contributed by atoms with van der Waals surface area (Å²) in [5.74, 6) is 3.21. The van der Waals surface area contributed by atoms with Gasteiger partial charge in [-0.25, -0.2) is 15.0 Å². The van der Waals surface area contributed by atoms with Gasteiger partial charge in [0.25, 0.3) is 0 Å². The average Bonchev–Trinajstić information content (AvgIpc) is 3.08. The van der Waals surface area contributed by atoms with E-state index in [4.69, 9.17) is 11.2 Å². The molecule has 0 aliphatic carbocycles. The second-order valence-electron chi connectivity index (χ2n) is 5.75. The number of terminal acetylenes is 1. The number of nitrogens with zero attached hydrogens (tertiary/aromatic N) is 5. The molecule has 0 unspecified atom stereocenters. The van der Waals surface area contributed by atoms with Gasteiger partial charge in [-0.15, -0.1) is 6.42 Å². The Balaban J connectivity index is 1.57. The Morgan fingerprint density at radius 3 is 3.00 bits per heavy atom. The molecule has 2 aromatic heterocycles. The van der Waals surface area contributed by atoms with Crippen LogP contribution in [0.5, 0.6) is 0 Å². The number of likely N-dealkylation sites (tertiary alicyclic amines) is 1. The lowest BCUT2D eigenvalue weighted by atomic mass is 10.1. The normalized spacial score (nSPS) is 15.4. The molecule has 1 aliphatic rings. The molecule has 2 aromatic rings. The number of piperidine rings is 1. The summed E-state index contributed by atoms with van der Waals surface area (Å²) in [5.41, 5.74) is 1.32. The lowest BCUT2D eigenvalue weighted by Crippen LogP contribution is -2.45. The first-order chi connectivity index (χ1) is 11.7. The molecule has 1 amide bonds. The third-order valence-electron chi connectivity index (χ3n) is 4.13. The highest BCUT2D eigenvalue weighted by atomic mass is 16.5. The van der Waals surface area contributed by atoms with Crippen molar-refractivity contribution in [2.45, 2.75) is 18.9 Å². The van der Waals surface area contributed by atoms with Gasteiger partial charge < -0.3 is 19.5 Å². The highest BCUT2D eigenvalue weighted by Gasteiger charge is 2.24. The predicted octanol–water partition coefficient (Wildman–Crippen LogP) is 0.430. The molecule has 0 aromatic carbocycles. The van der Waals surface area contributed by atoms with Gasteiger partial charge in [0, 0.05) is 20.1 Å². The summed E-state index contributed by atoms with van der Waals surface area (Å²) >= 11 is 0. The van der Waals surface area contributed by atoms with Crippen LogP contribution in [0.15, 0.2) is 12.7 Å². The van der Waals surface area contributed by atoms with Gasteiger partial charge in [0.05, 0.1) is 19.0 Å². The zero-order chi connectivity index (χ0) is 16.9. The number of hydrogen-bond acceptors (Lipinski definition) is 6. The maximum atomic E-state index is 12.5. The van der Waals surface area contributed by atoms with Crippen LogP contribution >= 0.6 is 0 Å². The molecule has 0 atom stereocenters. The summed E-state index contributed by atoms with van der Waals surface area (Å²) in [4.78, 5) is 31.6. The van der Waals surface area contributed by atoms with Crippen LogP contribution in [0, 0.1) is 12.3 Å². The molecule has 8 heteroatoms. The maximum absolute atomic E-state index is 12.5. The van der Waals surface area contributed by atoms with Crippen LogP contribution in [0.3, 0.4) is 0 Å². The first-order valence-corrected chi connectivity index (χ1v) is 7.87. The largest absolute Gasteiger partial charge is 0.365 e. The van der Waals surface area contributed by atoms with Crippen molar-refractivity contribution in [1.29, 1.82) is 0 Å². The molecule has 0 bridgehead atoms. The van der Waals surface area contributed by atoms with Crippen LogP contribution in [0.2, 0.25) is 0 Å². The van der Waals surface area contributed by atoms with Crippen molar-refractivity contribution in [2.24, 2.45) is 0 Å². The predicted molar refractivity (Wildman–Crippen MR) is 89.3 cm³/mol. The Morgan fingerprint density at radius 2 is 2.25 bits per heavy atom. The Labute approximate surface area is 140 Å². The highest BCUT2D eigenvalue weighted by Crippen LogP contribution is 2.19. The third kappa shape index (κ3) is 3.46. The number of H-pyrrole nitrogens is 1. The van der Waals surface area contributed by atoms with Crippen LogP contribution in [0.4, 0.5) is 5.82 Å². The van der Waals surface area contributed by atoms with Gasteiger partial charge >= 0.3 is 0 Å². The lowest BCUT2D eigenvalue weighted by Gasteiger charge is -2.32. The van der Waals surface area contributed by atoms with Crippen LogP contribution in [0.1, 0.15) is 12.8 Å². The number of ether oxygens (including phenoxy) is 1. The number of nitrogens with one attached hydrogen (secondary N) is 1. The Hall–Kier alpha value is -2.66. The minimum Gasteiger partial charge on any atom is -0.365 e. The molecular weight excluding hydrogens is 308 g/mol. The van der Waals surface area contributed by atoms with Gasteiger partial charge in [0.15, 0.2) is 11.5 Å². The Morgan fingerprint density at radius 1 is 1.46 bits per heavy atom. The van der Waals surface area contributed by atoms with E-state index in [2.05, 4.69) is 25.9 Å². The van der Waals surface area contributed by atoms with Gasteiger partial charge in [0.1, 0.15) is 18.5 Å². The van der Waals surface area contributed by atoms with Crippen molar-refractivity contribution in [1.82, 2.24) is 24.8 Å². The molecule has 3 heterocycles. The van der Waals surface area contributed by atoms with Crippen molar-refractivity contribution in [2.75, 3.05) is 38.2 Å². The number of amides is 1. The Kier molecular flexibility index (Phi) is 4.91. The number of aromatic amines is 1. The number of rotatable bonds is 5. The molecule has 126 valence electrons. The first-order valence-electron chi connectivity index (χ1n) is 7.87. The summed E-state index contributed by atoms with van der Waals surface area (Å²) in [7, 11) is 1.84. The van der Waals surface area contributed by atoms with Crippen LogP contribution in [0.25, 0.3) is 11.2 Å². The molecule has 0 radical (unpaired) electrons. The molecule has 0 spiro atoms. The van der Waals surface area contributed by atoms with Crippen molar-refractivity contribution in [3.05, 3.63) is 12.7 Å². The van der Waals surface area contributed by atoms with E-state index in [0.29, 0.717) is 31.2 Å². The number of fused-ring (bicyclic) bond motifs is 1. The van der Waals surface area contributed by atoms with Gasteiger partial charge in [0.2, 0.25) is 5.91 Å². The molecule has 8 nitrogen and oxygen atoms in total. The molecular formula is C16H20N6O2. The summed E-state index contributed by atoms with van der Waals surface area (Å²) in [6, 6.07) is 0. The zero-order valence-corrected chi connectivity index (χ0v) is 13.6. The van der Waals surface area contributed by atoms with E-state index in [-0.39, 0.29) is 18.6 Å². The number of aromatic nitrogens is 4. The second kappa shape index (κ2) is 7.27. The third-order valence-corrected chi connectivity index (χ3v) is 4.13. The van der Waals surface area contributed by atoms with E-state index in [0.717, 1.165) is 18.4 Å². The molecule has 24 heavy (non-hydrogen) atoms. The number of anilines is 1. The van der Waals surface area contributed by atoms with E-state index in [1.54, 1.807) is 6.33 Å². The van der Waals surface area contributed by atoms with E-state index in [9.17, 15) is 4.79 Å². The molecule has 3 rings (SSSR count). The fourth-order valence-electron chi connectivity index (χ4n) is 2.86. The maximum Gasteiger partial charge on any atom is 0.242 e. The fourth-order valence-corrected chi connectivity index (χ4v) is 2.86.